The number of para-hydroxylation sites is 1. The van der Waals surface area contributed by atoms with Crippen molar-refractivity contribution in [3.8, 4) is 5.75 Å². The number of carboxylic acid groups (broad SMARTS) is 1. The molecule has 0 heterocycles. The summed E-state index contributed by atoms with van der Waals surface area (Å²) < 4.78 is 0. The molecule has 3 aromatic carbocycles. The number of carbonyl (C=O) groups excluding carboxylic acids is 1. The Hall–Kier alpha value is -4.46. The highest BCUT2D eigenvalue weighted by Gasteiger charge is 2.09. The normalized spacial score (nSPS) is 11.4. The summed E-state index contributed by atoms with van der Waals surface area (Å²) in [6.45, 7) is 3.74. The Balaban J connectivity index is 1.62. The smallest absolute Gasteiger partial charge is 0.335 e. The van der Waals surface area contributed by atoms with Gasteiger partial charge in [0, 0.05) is 0 Å². The van der Waals surface area contributed by atoms with E-state index in [-0.39, 0.29) is 11.3 Å². The van der Waals surface area contributed by atoms with Crippen LogP contribution in [0.3, 0.4) is 0 Å². The molecular formula is C27H28N4O4. The molecule has 0 fully saturated rings. The quantitative estimate of drug-likeness (QED) is 0.157. The highest BCUT2D eigenvalue weighted by molar-refractivity contribution is 6.30. The first-order valence-electron chi connectivity index (χ1n) is 11.2. The molecule has 0 spiro atoms. The number of phenolic OH excluding ortho intramolecular Hbond substituents is 1. The van der Waals surface area contributed by atoms with E-state index in [2.05, 4.69) is 34.7 Å². The van der Waals surface area contributed by atoms with E-state index in [1.807, 2.05) is 24.3 Å². The Morgan fingerprint density at radius 3 is 2.49 bits per heavy atom. The number of hydrogen-bond acceptors (Lipinski definition) is 6. The molecule has 3 aromatic rings. The Kier molecular flexibility index (Phi) is 8.72. The number of nitrogens with zero attached hydrogens (tertiary/aromatic N) is 3. The van der Waals surface area contributed by atoms with Gasteiger partial charge in [0.25, 0.3) is 0 Å². The minimum atomic E-state index is -1.10. The number of carbonyl (C=O) groups is 2. The first-order chi connectivity index (χ1) is 16.9. The third kappa shape index (κ3) is 7.01. The summed E-state index contributed by atoms with van der Waals surface area (Å²) in [5.41, 5.74) is 7.42. The molecular weight excluding hydrogens is 444 g/mol. The zero-order chi connectivity index (χ0) is 25.2. The van der Waals surface area contributed by atoms with Crippen LogP contribution in [0, 0.1) is 6.92 Å². The van der Waals surface area contributed by atoms with Gasteiger partial charge in [-0.25, -0.2) is 9.80 Å². The molecule has 180 valence electrons. The van der Waals surface area contributed by atoms with Gasteiger partial charge >= 0.3 is 5.97 Å². The Morgan fingerprint density at radius 1 is 1.03 bits per heavy atom. The van der Waals surface area contributed by atoms with Crippen LogP contribution in [-0.2, 0) is 17.6 Å². The molecule has 0 unspecified atom stereocenters. The minimum absolute atomic E-state index is 0.0480. The third-order valence-corrected chi connectivity index (χ3v) is 5.43. The second kappa shape index (κ2) is 12.1. The van der Waals surface area contributed by atoms with Crippen molar-refractivity contribution in [1.29, 1.82) is 0 Å². The predicted octanol–water partition coefficient (Wildman–Crippen LogP) is 5.01. The van der Waals surface area contributed by atoms with Crippen LogP contribution < -0.4 is 10.4 Å². The number of benzene rings is 3. The summed E-state index contributed by atoms with van der Waals surface area (Å²) in [6.07, 6.45) is 4.45. The van der Waals surface area contributed by atoms with Gasteiger partial charge in [0.15, 0.2) is 0 Å². The predicted molar refractivity (Wildman–Crippen MR) is 138 cm³/mol. The van der Waals surface area contributed by atoms with Gasteiger partial charge in [0.1, 0.15) is 5.75 Å². The summed E-state index contributed by atoms with van der Waals surface area (Å²) in [5, 5.41) is 29.1. The number of aromatic carboxylic acids is 1. The maximum absolute atomic E-state index is 11.5. The molecule has 0 aliphatic heterocycles. The number of phenols is 1. The number of hydrogen-bond donors (Lipinski definition) is 3. The average molecular weight is 473 g/mol. The molecule has 8 heteroatoms. The van der Waals surface area contributed by atoms with E-state index >= 15 is 0 Å². The second-order valence-electron chi connectivity index (χ2n) is 8.01. The molecule has 0 bridgehead atoms. The first-order valence-corrected chi connectivity index (χ1v) is 11.2. The van der Waals surface area contributed by atoms with Crippen molar-refractivity contribution >= 4 is 35.7 Å². The fourth-order valence-electron chi connectivity index (χ4n) is 3.56. The van der Waals surface area contributed by atoms with Crippen LogP contribution in [0.5, 0.6) is 5.75 Å². The van der Waals surface area contributed by atoms with Gasteiger partial charge in [-0.2, -0.15) is 10.2 Å². The van der Waals surface area contributed by atoms with E-state index in [0.717, 1.165) is 29.8 Å². The molecule has 3 rings (SSSR count). The fraction of sp³-hybridized carbons (Fsp3) is 0.185. The summed E-state index contributed by atoms with van der Waals surface area (Å²) >= 11 is 0. The summed E-state index contributed by atoms with van der Waals surface area (Å²) in [4.78, 5) is 22.6. The zero-order valence-corrected chi connectivity index (χ0v) is 19.7. The number of rotatable bonds is 11. The molecule has 0 saturated carbocycles. The Labute approximate surface area is 204 Å². The SMILES string of the molecule is CC(/C=N/Nc1cccc(CCCc2ccccc2C)c1O)=N/N(C=O)c1cccc(C(=O)O)c1. The third-order valence-electron chi connectivity index (χ3n) is 5.43. The van der Waals surface area contributed by atoms with Gasteiger partial charge in [0.2, 0.25) is 6.41 Å². The summed E-state index contributed by atoms with van der Waals surface area (Å²) in [7, 11) is 0. The van der Waals surface area contributed by atoms with E-state index in [1.54, 1.807) is 19.1 Å². The van der Waals surface area contributed by atoms with Crippen LogP contribution in [0.15, 0.2) is 76.9 Å². The maximum atomic E-state index is 11.5. The zero-order valence-electron chi connectivity index (χ0n) is 19.7. The van der Waals surface area contributed by atoms with Gasteiger partial charge in [-0.3, -0.25) is 10.2 Å². The van der Waals surface area contributed by atoms with E-state index in [4.69, 9.17) is 5.11 Å². The Morgan fingerprint density at radius 2 is 1.74 bits per heavy atom. The van der Waals surface area contributed by atoms with Crippen LogP contribution in [0.1, 0.15) is 40.4 Å². The lowest BCUT2D eigenvalue weighted by Crippen LogP contribution is -2.17. The lowest BCUT2D eigenvalue weighted by Gasteiger charge is -2.12. The highest BCUT2D eigenvalue weighted by Crippen LogP contribution is 2.29. The van der Waals surface area contributed by atoms with Crippen LogP contribution in [-0.4, -0.2) is 34.5 Å². The molecule has 0 aliphatic rings. The number of aryl methyl sites for hydroxylation is 3. The highest BCUT2D eigenvalue weighted by atomic mass is 16.4. The summed E-state index contributed by atoms with van der Waals surface area (Å²) in [5.74, 6) is -0.953. The fourth-order valence-corrected chi connectivity index (χ4v) is 3.56. The molecule has 3 N–H and O–H groups in total. The molecule has 0 atom stereocenters. The van der Waals surface area contributed by atoms with Gasteiger partial charge in [-0.15, -0.1) is 0 Å². The lowest BCUT2D eigenvalue weighted by molar-refractivity contribution is -0.107. The van der Waals surface area contributed by atoms with Crippen LogP contribution in [0.4, 0.5) is 11.4 Å². The largest absolute Gasteiger partial charge is 0.505 e. The number of anilines is 2. The van der Waals surface area contributed by atoms with Gasteiger partial charge in [-0.05, 0) is 74.1 Å². The number of nitrogens with one attached hydrogen (secondary N) is 1. The molecule has 0 radical (unpaired) electrons. The van der Waals surface area contributed by atoms with E-state index in [9.17, 15) is 14.7 Å². The monoisotopic (exact) mass is 472 g/mol. The van der Waals surface area contributed by atoms with Crippen molar-refractivity contribution in [2.45, 2.75) is 33.1 Å². The van der Waals surface area contributed by atoms with Crippen LogP contribution >= 0.6 is 0 Å². The maximum Gasteiger partial charge on any atom is 0.335 e. The van der Waals surface area contributed by atoms with E-state index in [0.29, 0.717) is 23.5 Å². The van der Waals surface area contributed by atoms with Gasteiger partial charge in [0.05, 0.1) is 28.9 Å². The van der Waals surface area contributed by atoms with Crippen molar-refractivity contribution in [3.63, 3.8) is 0 Å². The molecule has 0 aromatic heterocycles. The standard InChI is InChI=1S/C27H28N4O4/c1-19-8-3-4-9-21(19)10-5-11-22-12-7-15-25(26(22)33)29-28-17-20(2)30-31(18-32)24-14-6-13-23(16-24)27(34)35/h3-4,6-9,12-18,29,33H,5,10-11H2,1-2H3,(H,34,35)/b28-17+,30-20-. The molecule has 0 saturated heterocycles. The second-order valence-corrected chi connectivity index (χ2v) is 8.01. The van der Waals surface area contributed by atoms with Crippen molar-refractivity contribution in [2.75, 3.05) is 10.4 Å². The van der Waals surface area contributed by atoms with Crippen molar-refractivity contribution in [1.82, 2.24) is 0 Å². The number of hydrazone groups is 2. The number of amides is 1. The Bertz CT molecular complexity index is 1250. The van der Waals surface area contributed by atoms with Crippen molar-refractivity contribution in [2.24, 2.45) is 10.2 Å². The van der Waals surface area contributed by atoms with E-state index < -0.39 is 5.97 Å². The molecule has 1 amide bonds. The topological polar surface area (TPSA) is 115 Å². The van der Waals surface area contributed by atoms with Crippen molar-refractivity contribution in [3.05, 3.63) is 89.0 Å². The molecule has 35 heavy (non-hydrogen) atoms. The van der Waals surface area contributed by atoms with Crippen molar-refractivity contribution < 1.29 is 19.8 Å². The first kappa shape index (κ1) is 25.2. The van der Waals surface area contributed by atoms with Crippen LogP contribution in [0.25, 0.3) is 0 Å². The molecule has 0 aliphatic carbocycles. The lowest BCUT2D eigenvalue weighted by atomic mass is 10.00. The molecule has 8 nitrogen and oxygen atoms in total. The number of aromatic hydroxyl groups is 1. The van der Waals surface area contributed by atoms with Crippen LogP contribution in [0.2, 0.25) is 0 Å². The van der Waals surface area contributed by atoms with Gasteiger partial charge < -0.3 is 10.2 Å². The van der Waals surface area contributed by atoms with Gasteiger partial charge in [-0.1, -0.05) is 42.5 Å². The summed E-state index contributed by atoms with van der Waals surface area (Å²) in [6, 6.07) is 19.7. The average Bonchev–Trinajstić information content (AvgIpc) is 2.85. The number of carboxylic acids is 1. The van der Waals surface area contributed by atoms with E-state index in [1.165, 1.54) is 35.5 Å². The minimum Gasteiger partial charge on any atom is -0.505 e.